The number of hydrogen-bond acceptors (Lipinski definition) is 3. The zero-order valence-corrected chi connectivity index (χ0v) is 8.18. The second kappa shape index (κ2) is 3.48. The number of imidazole rings is 1. The van der Waals surface area contributed by atoms with Gasteiger partial charge in [0.25, 0.3) is 0 Å². The minimum Gasteiger partial charge on any atom is -0.397 e. The van der Waals surface area contributed by atoms with Gasteiger partial charge in [-0.3, -0.25) is 9.59 Å². The van der Waals surface area contributed by atoms with E-state index in [0.717, 1.165) is 0 Å². The predicted molar refractivity (Wildman–Crippen MR) is 45.5 cm³/mol. The van der Waals surface area contributed by atoms with Crippen molar-refractivity contribution >= 4 is 11.2 Å². The number of aryl methyl sites for hydroxylation is 2. The van der Waals surface area contributed by atoms with E-state index in [2.05, 4.69) is 9.97 Å². The molecule has 0 aliphatic rings. The van der Waals surface area contributed by atoms with Crippen LogP contribution in [0.25, 0.3) is 11.2 Å². The van der Waals surface area contributed by atoms with Crippen molar-refractivity contribution in [2.75, 3.05) is 0 Å². The Morgan fingerprint density at radius 1 is 1.36 bits per heavy atom. The molecule has 68 valence electrons. The van der Waals surface area contributed by atoms with Crippen molar-refractivity contribution in [3.63, 3.8) is 0 Å². The molecule has 0 unspecified atom stereocenters. The molecule has 7 heteroatoms. The minimum absolute atomic E-state index is 0. The van der Waals surface area contributed by atoms with Gasteiger partial charge in [0.15, 0.2) is 11.2 Å². The Hall–Kier alpha value is -1.25. The minimum atomic E-state index is -0.573. The Labute approximate surface area is 90.8 Å². The molecule has 0 amide bonds. The van der Waals surface area contributed by atoms with Gasteiger partial charge in [-0.2, -0.15) is 0 Å². The van der Waals surface area contributed by atoms with E-state index in [0.29, 0.717) is 11.2 Å². The average Bonchev–Trinajstić information content (AvgIpc) is 2.44. The molecule has 6 nitrogen and oxygen atoms in total. The summed E-state index contributed by atoms with van der Waals surface area (Å²) in [6.45, 7) is 0. The SMILES string of the molecule is Cn1cnc2c1c(=O)[n-]c(=O)n2C.[Li+]. The van der Waals surface area contributed by atoms with Crippen LogP contribution in [0.2, 0.25) is 0 Å². The van der Waals surface area contributed by atoms with E-state index in [4.69, 9.17) is 0 Å². The molecule has 2 heterocycles. The third kappa shape index (κ3) is 1.33. The molecular weight excluding hydrogens is 179 g/mol. The molecule has 0 saturated carbocycles. The standard InChI is InChI=1S/C7H8N4O2.Li/c1-10-3-8-5-4(10)6(12)9-7(13)11(5)2;/h3H,1-2H3,(H,9,12,13);/q;+1/p-1. The molecule has 0 aromatic carbocycles. The average molecular weight is 186 g/mol. The number of hydrogen-bond donors (Lipinski definition) is 0. The summed E-state index contributed by atoms with van der Waals surface area (Å²) >= 11 is 0. The zero-order valence-electron chi connectivity index (χ0n) is 8.18. The molecule has 2 aromatic heterocycles. The largest absolute Gasteiger partial charge is 1.00 e. The van der Waals surface area contributed by atoms with E-state index < -0.39 is 11.2 Å². The van der Waals surface area contributed by atoms with Gasteiger partial charge in [0.2, 0.25) is 0 Å². The summed E-state index contributed by atoms with van der Waals surface area (Å²) in [5.74, 6) is 0. The maximum atomic E-state index is 11.2. The number of nitrogens with zero attached hydrogens (tertiary/aromatic N) is 4. The fourth-order valence-corrected chi connectivity index (χ4v) is 1.22. The quantitative estimate of drug-likeness (QED) is 0.389. The van der Waals surface area contributed by atoms with Gasteiger partial charge in [-0.1, -0.05) is 7.05 Å². The first-order chi connectivity index (χ1) is 6.11. The maximum absolute atomic E-state index is 11.2. The summed E-state index contributed by atoms with van der Waals surface area (Å²) in [4.78, 5) is 29.6. The predicted octanol–water partition coefficient (Wildman–Crippen LogP) is -4.41. The van der Waals surface area contributed by atoms with Crippen molar-refractivity contribution in [2.24, 2.45) is 14.1 Å². The van der Waals surface area contributed by atoms with Gasteiger partial charge in [0.1, 0.15) is 5.52 Å². The van der Waals surface area contributed by atoms with Crippen LogP contribution in [0.15, 0.2) is 15.9 Å². The molecular formula is C7H7LiN4O2. The van der Waals surface area contributed by atoms with Crippen molar-refractivity contribution in [2.45, 2.75) is 0 Å². The first kappa shape index (κ1) is 10.8. The smallest absolute Gasteiger partial charge is 0.397 e. The molecule has 2 rings (SSSR count). The molecule has 0 saturated heterocycles. The monoisotopic (exact) mass is 186 g/mol. The van der Waals surface area contributed by atoms with Gasteiger partial charge in [-0.05, 0) is 0 Å². The third-order valence-corrected chi connectivity index (χ3v) is 1.92. The molecule has 0 N–H and O–H groups in total. The van der Waals surface area contributed by atoms with Crippen molar-refractivity contribution < 1.29 is 18.9 Å². The van der Waals surface area contributed by atoms with E-state index in [1.165, 1.54) is 17.9 Å². The third-order valence-electron chi connectivity index (χ3n) is 1.92. The van der Waals surface area contributed by atoms with Crippen molar-refractivity contribution in [3.8, 4) is 0 Å². The fourth-order valence-electron chi connectivity index (χ4n) is 1.22. The number of rotatable bonds is 0. The maximum Gasteiger partial charge on any atom is 1.00 e. The Morgan fingerprint density at radius 2 is 2.00 bits per heavy atom. The van der Waals surface area contributed by atoms with Crippen LogP contribution in [-0.4, -0.2) is 14.1 Å². The van der Waals surface area contributed by atoms with Gasteiger partial charge in [-0.25, -0.2) is 4.98 Å². The van der Waals surface area contributed by atoms with E-state index in [-0.39, 0.29) is 18.9 Å². The van der Waals surface area contributed by atoms with Crippen LogP contribution >= 0.6 is 0 Å². The van der Waals surface area contributed by atoms with Crippen LogP contribution in [0.4, 0.5) is 0 Å². The summed E-state index contributed by atoms with van der Waals surface area (Å²) < 4.78 is 2.79. The topological polar surface area (TPSA) is 71.0 Å². The van der Waals surface area contributed by atoms with Crippen LogP contribution in [0.5, 0.6) is 0 Å². The van der Waals surface area contributed by atoms with E-state index in [1.54, 1.807) is 11.6 Å². The van der Waals surface area contributed by atoms with Crippen molar-refractivity contribution in [1.82, 2.24) is 19.1 Å². The fraction of sp³-hybridized carbons (Fsp3) is 0.286. The Morgan fingerprint density at radius 3 is 2.64 bits per heavy atom. The Kier molecular flexibility index (Phi) is 2.69. The van der Waals surface area contributed by atoms with Crippen LogP contribution in [0.1, 0.15) is 0 Å². The van der Waals surface area contributed by atoms with E-state index in [1.807, 2.05) is 0 Å². The summed E-state index contributed by atoms with van der Waals surface area (Å²) in [5.41, 5.74) is -0.385. The molecule has 0 radical (unpaired) electrons. The Balaban J connectivity index is 0.000000980. The van der Waals surface area contributed by atoms with Crippen LogP contribution in [-0.2, 0) is 14.1 Å². The molecule has 0 atom stereocenters. The van der Waals surface area contributed by atoms with Gasteiger partial charge in [0, 0.05) is 7.05 Å². The van der Waals surface area contributed by atoms with Crippen LogP contribution < -0.4 is 35.1 Å². The first-order valence-electron chi connectivity index (χ1n) is 3.66. The van der Waals surface area contributed by atoms with Gasteiger partial charge in [0.05, 0.1) is 12.0 Å². The van der Waals surface area contributed by atoms with E-state index >= 15 is 0 Å². The molecule has 0 fully saturated rings. The second-order valence-electron chi connectivity index (χ2n) is 2.79. The van der Waals surface area contributed by atoms with Crippen molar-refractivity contribution in [1.29, 1.82) is 0 Å². The molecule has 0 spiro atoms. The molecule has 0 bridgehead atoms. The van der Waals surface area contributed by atoms with Gasteiger partial charge >= 0.3 is 18.9 Å². The van der Waals surface area contributed by atoms with Crippen LogP contribution in [0.3, 0.4) is 0 Å². The molecule has 0 aliphatic heterocycles. The summed E-state index contributed by atoms with van der Waals surface area (Å²) in [6.07, 6.45) is 1.48. The summed E-state index contributed by atoms with van der Waals surface area (Å²) in [7, 11) is 3.22. The summed E-state index contributed by atoms with van der Waals surface area (Å²) in [5, 5.41) is 0. The first-order valence-corrected chi connectivity index (χ1v) is 3.66. The number of fused-ring (bicyclic) bond motifs is 1. The van der Waals surface area contributed by atoms with Gasteiger partial charge < -0.3 is 14.1 Å². The van der Waals surface area contributed by atoms with Gasteiger partial charge in [-0.15, -0.1) is 0 Å². The second-order valence-corrected chi connectivity index (χ2v) is 2.79. The Bertz CT molecular complexity index is 579. The van der Waals surface area contributed by atoms with Crippen molar-refractivity contribution in [3.05, 3.63) is 27.2 Å². The molecule has 14 heavy (non-hydrogen) atoms. The van der Waals surface area contributed by atoms with E-state index in [9.17, 15) is 9.59 Å². The molecule has 0 aliphatic carbocycles. The summed E-state index contributed by atoms with van der Waals surface area (Å²) in [6, 6.07) is 0. The zero-order chi connectivity index (χ0) is 9.59. The number of aromatic nitrogens is 4. The van der Waals surface area contributed by atoms with Crippen LogP contribution in [0, 0.1) is 0 Å². The molecule has 2 aromatic rings. The normalized spacial score (nSPS) is 10.1.